The monoisotopic (exact) mass is 511 g/mol. The SMILES string of the molecule is O=C1[C@H]2[C@H](C(=O)N1c1ccc(Cl)c(Cl)c1)[C@@]1(Cl)C(Cl)=C(Cl)[C@@]2(Cl)C1(Cl)Cl. The van der Waals surface area contributed by atoms with Crippen LogP contribution in [0.4, 0.5) is 5.69 Å². The Morgan fingerprint density at radius 2 is 1.23 bits per heavy atom. The number of rotatable bonds is 1. The maximum atomic E-state index is 13.1. The molecule has 0 spiro atoms. The van der Waals surface area contributed by atoms with E-state index in [4.69, 9.17) is 92.8 Å². The summed E-state index contributed by atoms with van der Waals surface area (Å²) in [6, 6.07) is 4.32. The highest BCUT2D eigenvalue weighted by Crippen LogP contribution is 2.77. The molecule has 11 heteroatoms. The van der Waals surface area contributed by atoms with Gasteiger partial charge in [0.1, 0.15) is 9.75 Å². The number of carbonyl (C=O) groups is 2. The van der Waals surface area contributed by atoms with Crippen molar-refractivity contribution >= 4 is 110 Å². The molecule has 1 aromatic rings. The number of carbonyl (C=O) groups excluding carboxylic acids is 2. The molecule has 2 fully saturated rings. The molecular formula is C15H5Cl8NO2. The van der Waals surface area contributed by atoms with Gasteiger partial charge in [-0.05, 0) is 18.2 Å². The maximum absolute atomic E-state index is 13.1. The first kappa shape index (κ1) is 19.7. The minimum atomic E-state index is -1.96. The first-order chi connectivity index (χ1) is 11.9. The molecule has 3 aliphatic rings. The molecule has 138 valence electrons. The standard InChI is InChI=1S/C15H5Cl8NO2/c16-5-2-1-4(3-6(5)17)24-11(25)7-8(12(24)26)14(21)10(19)9(18)13(7,20)15(14,22)23/h1-3,7-8H/t7-,8-,13-,14-/m1/s1. The van der Waals surface area contributed by atoms with Gasteiger partial charge >= 0.3 is 0 Å². The fourth-order valence-corrected chi connectivity index (χ4v) is 7.10. The summed E-state index contributed by atoms with van der Waals surface area (Å²) in [5, 5.41) is 0.160. The number of fused-ring (bicyclic) bond motifs is 5. The van der Waals surface area contributed by atoms with Gasteiger partial charge in [0.15, 0.2) is 4.33 Å². The van der Waals surface area contributed by atoms with Gasteiger partial charge in [-0.2, -0.15) is 0 Å². The van der Waals surface area contributed by atoms with E-state index in [9.17, 15) is 9.59 Å². The minimum absolute atomic E-state index is 0.140. The summed E-state index contributed by atoms with van der Waals surface area (Å²) in [5.74, 6) is -3.67. The van der Waals surface area contributed by atoms with E-state index in [0.717, 1.165) is 4.90 Å². The molecule has 1 saturated heterocycles. The van der Waals surface area contributed by atoms with Crippen LogP contribution in [0, 0.1) is 11.8 Å². The third-order valence-electron chi connectivity index (χ3n) is 5.07. The summed E-state index contributed by atoms with van der Waals surface area (Å²) >= 11 is 50.4. The Labute approximate surface area is 188 Å². The second-order valence-electron chi connectivity index (χ2n) is 6.19. The number of allylic oxidation sites excluding steroid dienone is 2. The maximum Gasteiger partial charge on any atom is 0.240 e. The Morgan fingerprint density at radius 1 is 0.769 bits per heavy atom. The molecule has 2 amide bonds. The molecule has 4 rings (SSSR count). The molecule has 3 nitrogen and oxygen atoms in total. The zero-order valence-corrected chi connectivity index (χ0v) is 18.2. The lowest BCUT2D eigenvalue weighted by Gasteiger charge is -2.34. The second-order valence-corrected chi connectivity index (χ2v) is 10.3. The van der Waals surface area contributed by atoms with E-state index in [1.54, 1.807) is 0 Å². The third-order valence-corrected chi connectivity index (χ3v) is 10.1. The number of hydrogen-bond donors (Lipinski definition) is 0. The summed E-state index contributed by atoms with van der Waals surface area (Å²) in [5.41, 5.74) is 0.214. The van der Waals surface area contributed by atoms with Crippen LogP contribution in [0.5, 0.6) is 0 Å². The number of imide groups is 1. The summed E-state index contributed by atoms with van der Waals surface area (Å²) in [4.78, 5) is 23.5. The van der Waals surface area contributed by atoms with Gasteiger partial charge in [0.05, 0.1) is 37.6 Å². The summed E-state index contributed by atoms with van der Waals surface area (Å²) in [6.07, 6.45) is 0. The average Bonchev–Trinajstić information content (AvgIpc) is 2.95. The van der Waals surface area contributed by atoms with Crippen molar-refractivity contribution in [3.8, 4) is 0 Å². The van der Waals surface area contributed by atoms with Crippen molar-refractivity contribution in [2.75, 3.05) is 4.90 Å². The fourth-order valence-electron chi connectivity index (χ4n) is 3.87. The van der Waals surface area contributed by atoms with E-state index in [1.807, 2.05) is 0 Å². The first-order valence-corrected chi connectivity index (χ1v) is 10.1. The van der Waals surface area contributed by atoms with E-state index < -0.39 is 37.7 Å². The Kier molecular flexibility index (Phi) is 4.35. The molecule has 1 aromatic carbocycles. The lowest BCUT2D eigenvalue weighted by molar-refractivity contribution is -0.123. The molecule has 1 saturated carbocycles. The average molecular weight is 515 g/mol. The molecule has 26 heavy (non-hydrogen) atoms. The van der Waals surface area contributed by atoms with E-state index in [2.05, 4.69) is 0 Å². The van der Waals surface area contributed by atoms with Crippen LogP contribution in [0.1, 0.15) is 0 Å². The lowest BCUT2D eigenvalue weighted by atomic mass is 9.84. The number of hydrogen-bond acceptors (Lipinski definition) is 2. The van der Waals surface area contributed by atoms with E-state index in [-0.39, 0.29) is 25.8 Å². The number of alkyl halides is 4. The van der Waals surface area contributed by atoms with Crippen LogP contribution in [0.25, 0.3) is 0 Å². The highest BCUT2D eigenvalue weighted by Gasteiger charge is 2.87. The lowest BCUT2D eigenvalue weighted by Crippen LogP contribution is -2.50. The van der Waals surface area contributed by atoms with Crippen LogP contribution in [0.15, 0.2) is 28.3 Å². The van der Waals surface area contributed by atoms with Crippen LogP contribution in [0.2, 0.25) is 10.0 Å². The van der Waals surface area contributed by atoms with Gasteiger partial charge in [0.25, 0.3) is 0 Å². The van der Waals surface area contributed by atoms with Crippen molar-refractivity contribution < 1.29 is 9.59 Å². The topological polar surface area (TPSA) is 37.4 Å². The van der Waals surface area contributed by atoms with E-state index in [1.165, 1.54) is 18.2 Å². The van der Waals surface area contributed by atoms with Gasteiger partial charge in [-0.25, -0.2) is 4.90 Å². The van der Waals surface area contributed by atoms with Crippen molar-refractivity contribution in [2.45, 2.75) is 14.1 Å². The Hall–Kier alpha value is 0.420. The smallest absolute Gasteiger partial charge is 0.240 e. The Balaban J connectivity index is 1.90. The fraction of sp³-hybridized carbons (Fsp3) is 0.333. The van der Waals surface area contributed by atoms with Crippen molar-refractivity contribution in [3.63, 3.8) is 0 Å². The predicted octanol–water partition coefficient (Wildman–Crippen LogP) is 5.94. The van der Waals surface area contributed by atoms with E-state index in [0.29, 0.717) is 0 Å². The normalized spacial score (nSPS) is 37.8. The number of benzene rings is 1. The summed E-state index contributed by atoms with van der Waals surface area (Å²) < 4.78 is -1.96. The predicted molar refractivity (Wildman–Crippen MR) is 106 cm³/mol. The third kappa shape index (κ3) is 1.92. The molecule has 2 aliphatic carbocycles. The quantitative estimate of drug-likeness (QED) is 0.343. The Bertz CT molecular complexity index is 884. The highest BCUT2D eigenvalue weighted by atomic mass is 35.5. The zero-order chi connectivity index (χ0) is 19.4. The number of halogens is 8. The van der Waals surface area contributed by atoms with E-state index >= 15 is 0 Å². The van der Waals surface area contributed by atoms with Gasteiger partial charge in [-0.15, -0.1) is 23.2 Å². The van der Waals surface area contributed by atoms with Crippen molar-refractivity contribution in [2.24, 2.45) is 11.8 Å². The molecule has 1 heterocycles. The first-order valence-electron chi connectivity index (χ1n) is 7.07. The number of anilines is 1. The van der Waals surface area contributed by atoms with Crippen molar-refractivity contribution in [1.29, 1.82) is 0 Å². The molecule has 2 bridgehead atoms. The molecule has 0 radical (unpaired) electrons. The summed E-state index contributed by atoms with van der Waals surface area (Å²) in [6.45, 7) is 0. The van der Waals surface area contributed by atoms with Gasteiger partial charge in [0, 0.05) is 0 Å². The van der Waals surface area contributed by atoms with Crippen LogP contribution in [0.3, 0.4) is 0 Å². The van der Waals surface area contributed by atoms with Gasteiger partial charge in [-0.1, -0.05) is 69.6 Å². The van der Waals surface area contributed by atoms with Crippen LogP contribution >= 0.6 is 92.8 Å². The van der Waals surface area contributed by atoms with Crippen molar-refractivity contribution in [1.82, 2.24) is 0 Å². The van der Waals surface area contributed by atoms with Crippen LogP contribution < -0.4 is 4.90 Å². The molecule has 0 N–H and O–H groups in total. The largest absolute Gasteiger partial charge is 0.274 e. The minimum Gasteiger partial charge on any atom is -0.274 e. The number of nitrogens with zero attached hydrogens (tertiary/aromatic N) is 1. The van der Waals surface area contributed by atoms with Crippen molar-refractivity contribution in [3.05, 3.63) is 38.3 Å². The molecule has 0 aromatic heterocycles. The van der Waals surface area contributed by atoms with Gasteiger partial charge in [-0.3, -0.25) is 9.59 Å². The highest BCUT2D eigenvalue weighted by molar-refractivity contribution is 6.67. The van der Waals surface area contributed by atoms with Gasteiger partial charge in [0.2, 0.25) is 11.8 Å². The summed E-state index contributed by atoms with van der Waals surface area (Å²) in [7, 11) is 0. The zero-order valence-electron chi connectivity index (χ0n) is 12.2. The number of amides is 2. The van der Waals surface area contributed by atoms with Gasteiger partial charge < -0.3 is 0 Å². The Morgan fingerprint density at radius 3 is 1.65 bits per heavy atom. The molecular weight excluding hydrogens is 510 g/mol. The molecule has 0 unspecified atom stereocenters. The second kappa shape index (κ2) is 5.73. The van der Waals surface area contributed by atoms with Crippen LogP contribution in [-0.2, 0) is 9.59 Å². The van der Waals surface area contributed by atoms with Crippen LogP contribution in [-0.4, -0.2) is 25.9 Å². The molecule has 1 aliphatic heterocycles. The molecule has 4 atom stereocenters.